The van der Waals surface area contributed by atoms with Crippen LogP contribution in [0.3, 0.4) is 0 Å². The summed E-state index contributed by atoms with van der Waals surface area (Å²) >= 11 is 2.62. The Bertz CT molecular complexity index is 1490. The smallest absolute Gasteiger partial charge is 0.272 e. The van der Waals surface area contributed by atoms with Crippen LogP contribution in [0, 0.1) is 0 Å². The van der Waals surface area contributed by atoms with Gasteiger partial charge in [0.05, 0.1) is 24.1 Å². The molecule has 4 aromatic heterocycles. The van der Waals surface area contributed by atoms with Gasteiger partial charge in [-0.05, 0) is 35.7 Å². The van der Waals surface area contributed by atoms with Crippen molar-refractivity contribution in [2.45, 2.75) is 31.1 Å². The van der Waals surface area contributed by atoms with Crippen molar-refractivity contribution in [2.75, 3.05) is 5.75 Å². The molecule has 4 heterocycles. The maximum absolute atomic E-state index is 13.6. The van der Waals surface area contributed by atoms with Gasteiger partial charge in [-0.15, -0.1) is 11.3 Å². The Balaban J connectivity index is 1.47. The van der Waals surface area contributed by atoms with E-state index in [1.54, 1.807) is 29.2 Å². The fraction of sp³-hybridized carbons (Fsp3) is 0.200. The van der Waals surface area contributed by atoms with Gasteiger partial charge in [-0.25, -0.2) is 9.97 Å². The molecule has 5 aromatic rings. The number of nitrogens with one attached hydrogen (secondary N) is 1. The summed E-state index contributed by atoms with van der Waals surface area (Å²) in [6.45, 7) is 2.87. The van der Waals surface area contributed by atoms with E-state index in [0.29, 0.717) is 34.2 Å². The summed E-state index contributed by atoms with van der Waals surface area (Å²) in [5.74, 6) is 0.760. The zero-order valence-corrected chi connectivity index (χ0v) is 20.1. The van der Waals surface area contributed by atoms with Gasteiger partial charge < -0.3 is 9.73 Å². The summed E-state index contributed by atoms with van der Waals surface area (Å²) in [5, 5.41) is 4.22. The summed E-state index contributed by atoms with van der Waals surface area (Å²) in [6, 6.07) is 17.4. The molecule has 5 rings (SSSR count). The van der Waals surface area contributed by atoms with Crippen LogP contribution in [0.15, 0.2) is 81.4 Å². The van der Waals surface area contributed by atoms with Gasteiger partial charge in [-0.3, -0.25) is 14.2 Å². The van der Waals surface area contributed by atoms with Gasteiger partial charge in [0.25, 0.3) is 5.56 Å². The normalized spacial score (nSPS) is 12.3. The first-order valence-corrected chi connectivity index (χ1v) is 12.6. The minimum absolute atomic E-state index is 0.0952. The van der Waals surface area contributed by atoms with Crippen LogP contribution in [-0.2, 0) is 17.9 Å². The number of hydrogen-bond acceptors (Lipinski definition) is 7. The first-order valence-electron chi connectivity index (χ1n) is 10.8. The van der Waals surface area contributed by atoms with E-state index in [1.807, 2.05) is 30.3 Å². The SMILES string of the molecule is C[C@H](Cn1c(SCC(=O)NCc2ccco2)nc2c(sc3ncccc32)c1=O)c1ccccc1. The largest absolute Gasteiger partial charge is 0.467 e. The maximum atomic E-state index is 13.6. The van der Waals surface area contributed by atoms with Gasteiger partial charge in [0.2, 0.25) is 5.91 Å². The van der Waals surface area contributed by atoms with Gasteiger partial charge in [0.1, 0.15) is 15.3 Å². The van der Waals surface area contributed by atoms with E-state index in [4.69, 9.17) is 9.40 Å². The highest BCUT2D eigenvalue weighted by atomic mass is 32.2. The second-order valence-electron chi connectivity index (χ2n) is 7.90. The van der Waals surface area contributed by atoms with E-state index < -0.39 is 0 Å². The van der Waals surface area contributed by atoms with Gasteiger partial charge in [-0.1, -0.05) is 49.0 Å². The summed E-state index contributed by atoms with van der Waals surface area (Å²) in [4.78, 5) is 36.1. The highest BCUT2D eigenvalue weighted by Crippen LogP contribution is 2.31. The molecule has 172 valence electrons. The van der Waals surface area contributed by atoms with E-state index in [0.717, 1.165) is 15.8 Å². The Morgan fingerprint density at radius 3 is 2.82 bits per heavy atom. The van der Waals surface area contributed by atoms with Crippen molar-refractivity contribution in [3.63, 3.8) is 0 Å². The van der Waals surface area contributed by atoms with Crippen LogP contribution in [0.1, 0.15) is 24.2 Å². The van der Waals surface area contributed by atoms with Crippen molar-refractivity contribution in [1.82, 2.24) is 19.9 Å². The van der Waals surface area contributed by atoms with Crippen molar-refractivity contribution in [3.05, 3.63) is 88.7 Å². The minimum atomic E-state index is -0.157. The lowest BCUT2D eigenvalue weighted by atomic mass is 10.0. The first-order chi connectivity index (χ1) is 16.6. The molecular weight excluding hydrogens is 468 g/mol. The van der Waals surface area contributed by atoms with Gasteiger partial charge in [0, 0.05) is 18.1 Å². The highest BCUT2D eigenvalue weighted by Gasteiger charge is 2.19. The van der Waals surface area contributed by atoms with Crippen molar-refractivity contribution >= 4 is 49.4 Å². The van der Waals surface area contributed by atoms with Crippen molar-refractivity contribution < 1.29 is 9.21 Å². The number of thiophene rings is 1. The second-order valence-corrected chi connectivity index (χ2v) is 9.84. The van der Waals surface area contributed by atoms with Gasteiger partial charge in [-0.2, -0.15) is 0 Å². The number of carbonyl (C=O) groups is 1. The van der Waals surface area contributed by atoms with E-state index in [2.05, 4.69) is 29.4 Å². The topological polar surface area (TPSA) is 90.0 Å². The van der Waals surface area contributed by atoms with Crippen molar-refractivity contribution in [2.24, 2.45) is 0 Å². The Morgan fingerprint density at radius 2 is 2.03 bits per heavy atom. The maximum Gasteiger partial charge on any atom is 0.272 e. The number of aromatic nitrogens is 3. The molecule has 0 unspecified atom stereocenters. The van der Waals surface area contributed by atoms with E-state index in [1.165, 1.54) is 23.1 Å². The number of carbonyl (C=O) groups excluding carboxylic acids is 1. The molecule has 7 nitrogen and oxygen atoms in total. The van der Waals surface area contributed by atoms with Crippen LogP contribution < -0.4 is 10.9 Å². The Hall–Kier alpha value is -3.43. The standard InChI is InChI=1S/C25H22N4O3S2/c1-16(17-7-3-2-4-8-17)14-29-24(31)22-21(19-10-5-11-26-23(19)34-22)28-25(29)33-15-20(30)27-13-18-9-6-12-32-18/h2-12,16H,13-15H2,1H3,(H,27,30)/t16-/m1/s1. The summed E-state index contributed by atoms with van der Waals surface area (Å²) in [5.41, 5.74) is 1.68. The molecule has 1 amide bonds. The quantitative estimate of drug-likeness (QED) is 0.248. The Labute approximate surface area is 203 Å². The van der Waals surface area contributed by atoms with Crippen molar-refractivity contribution in [1.29, 1.82) is 0 Å². The molecule has 0 aliphatic rings. The van der Waals surface area contributed by atoms with Crippen LogP contribution in [0.25, 0.3) is 20.4 Å². The highest BCUT2D eigenvalue weighted by molar-refractivity contribution is 7.99. The second kappa shape index (κ2) is 9.82. The zero-order valence-electron chi connectivity index (χ0n) is 18.4. The average Bonchev–Trinajstić information content (AvgIpc) is 3.52. The van der Waals surface area contributed by atoms with E-state index in [-0.39, 0.29) is 23.1 Å². The predicted molar refractivity (Wildman–Crippen MR) is 135 cm³/mol. The molecule has 0 aliphatic heterocycles. The van der Waals surface area contributed by atoms with Crippen LogP contribution in [0.5, 0.6) is 0 Å². The molecule has 34 heavy (non-hydrogen) atoms. The lowest BCUT2D eigenvalue weighted by Gasteiger charge is -2.17. The molecule has 0 saturated carbocycles. The zero-order chi connectivity index (χ0) is 23.5. The molecule has 9 heteroatoms. The van der Waals surface area contributed by atoms with Crippen molar-refractivity contribution in [3.8, 4) is 0 Å². The van der Waals surface area contributed by atoms with E-state index >= 15 is 0 Å². The number of amides is 1. The van der Waals surface area contributed by atoms with Crippen LogP contribution in [-0.4, -0.2) is 26.2 Å². The third-order valence-corrected chi connectivity index (χ3v) is 7.58. The number of rotatable bonds is 8. The van der Waals surface area contributed by atoms with Gasteiger partial charge in [0.15, 0.2) is 5.16 Å². The Morgan fingerprint density at radius 1 is 1.18 bits per heavy atom. The number of fused-ring (bicyclic) bond motifs is 3. The summed E-state index contributed by atoms with van der Waals surface area (Å²) in [7, 11) is 0. The monoisotopic (exact) mass is 490 g/mol. The van der Waals surface area contributed by atoms with E-state index in [9.17, 15) is 9.59 Å². The molecule has 0 aliphatic carbocycles. The number of thioether (sulfide) groups is 1. The summed E-state index contributed by atoms with van der Waals surface area (Å²) in [6.07, 6.45) is 3.29. The molecule has 1 N–H and O–H groups in total. The molecule has 0 fully saturated rings. The van der Waals surface area contributed by atoms with Crippen LogP contribution >= 0.6 is 23.1 Å². The average molecular weight is 491 g/mol. The molecule has 0 spiro atoms. The lowest BCUT2D eigenvalue weighted by molar-refractivity contribution is -0.118. The minimum Gasteiger partial charge on any atom is -0.467 e. The third-order valence-electron chi connectivity index (χ3n) is 5.52. The third kappa shape index (κ3) is 4.62. The summed E-state index contributed by atoms with van der Waals surface area (Å²) < 4.78 is 7.54. The Kier molecular flexibility index (Phi) is 6.46. The van der Waals surface area contributed by atoms with Crippen LogP contribution in [0.2, 0.25) is 0 Å². The molecular formula is C25H22N4O3S2. The number of pyridine rings is 1. The number of hydrogen-bond donors (Lipinski definition) is 1. The first kappa shape index (κ1) is 22.4. The molecule has 0 radical (unpaired) electrons. The molecule has 0 saturated heterocycles. The number of benzene rings is 1. The van der Waals surface area contributed by atoms with Gasteiger partial charge >= 0.3 is 0 Å². The predicted octanol–water partition coefficient (Wildman–Crippen LogP) is 4.81. The fourth-order valence-corrected chi connectivity index (χ4v) is 5.62. The molecule has 0 bridgehead atoms. The van der Waals surface area contributed by atoms with Crippen LogP contribution in [0.4, 0.5) is 0 Å². The fourth-order valence-electron chi connectivity index (χ4n) is 3.75. The molecule has 1 atom stereocenters. The number of nitrogens with zero attached hydrogens (tertiary/aromatic N) is 3. The molecule has 1 aromatic carbocycles. The lowest BCUT2D eigenvalue weighted by Crippen LogP contribution is -2.27. The number of furan rings is 1.